The standard InChI is InChI=1S/C16H25N3S/c1-19-8-4-14(12-18-15-5-9-20-10-6-15)16(19)13-3-2-7-17-11-13/h2-3,7,11,14-16,18H,4-6,8-10,12H2,1H3/t14-,16-/m0/s1. The minimum absolute atomic E-state index is 0.536. The number of aromatic nitrogens is 1. The number of rotatable bonds is 4. The predicted molar refractivity (Wildman–Crippen MR) is 86.1 cm³/mol. The molecular weight excluding hydrogens is 266 g/mol. The molecule has 3 rings (SSSR count). The summed E-state index contributed by atoms with van der Waals surface area (Å²) < 4.78 is 0. The second kappa shape index (κ2) is 6.92. The van der Waals surface area contributed by atoms with E-state index in [-0.39, 0.29) is 0 Å². The van der Waals surface area contributed by atoms with Gasteiger partial charge < -0.3 is 5.32 Å². The number of nitrogens with zero attached hydrogens (tertiary/aromatic N) is 2. The number of nitrogens with one attached hydrogen (secondary N) is 1. The fourth-order valence-corrected chi connectivity index (χ4v) is 4.64. The van der Waals surface area contributed by atoms with Crippen LogP contribution in [0.25, 0.3) is 0 Å². The third kappa shape index (κ3) is 3.35. The lowest BCUT2D eigenvalue weighted by atomic mass is 9.94. The Hall–Kier alpha value is -0.580. The molecule has 4 heteroatoms. The molecule has 2 fully saturated rings. The monoisotopic (exact) mass is 291 g/mol. The maximum absolute atomic E-state index is 4.30. The van der Waals surface area contributed by atoms with Gasteiger partial charge in [-0.3, -0.25) is 9.88 Å². The molecule has 0 unspecified atom stereocenters. The van der Waals surface area contributed by atoms with Gasteiger partial charge in [0.25, 0.3) is 0 Å². The first-order valence-electron chi connectivity index (χ1n) is 7.76. The van der Waals surface area contributed by atoms with Gasteiger partial charge in [0, 0.05) is 31.0 Å². The number of pyridine rings is 1. The van der Waals surface area contributed by atoms with E-state index in [1.54, 1.807) is 0 Å². The molecule has 2 aliphatic heterocycles. The highest BCUT2D eigenvalue weighted by Gasteiger charge is 2.33. The fourth-order valence-electron chi connectivity index (χ4n) is 3.54. The van der Waals surface area contributed by atoms with Gasteiger partial charge in [-0.1, -0.05) is 6.07 Å². The van der Waals surface area contributed by atoms with Crippen LogP contribution < -0.4 is 5.32 Å². The molecule has 3 nitrogen and oxygen atoms in total. The third-order valence-corrected chi connectivity index (χ3v) is 5.74. The van der Waals surface area contributed by atoms with Gasteiger partial charge in [-0.05, 0) is 61.9 Å². The maximum atomic E-state index is 4.30. The lowest BCUT2D eigenvalue weighted by Crippen LogP contribution is -2.37. The minimum Gasteiger partial charge on any atom is -0.314 e. The van der Waals surface area contributed by atoms with Crippen molar-refractivity contribution in [2.24, 2.45) is 5.92 Å². The van der Waals surface area contributed by atoms with Crippen LogP contribution in [0.1, 0.15) is 30.9 Å². The molecule has 0 amide bonds. The predicted octanol–water partition coefficient (Wildman–Crippen LogP) is 2.56. The fraction of sp³-hybridized carbons (Fsp3) is 0.688. The van der Waals surface area contributed by atoms with Gasteiger partial charge in [0.2, 0.25) is 0 Å². The highest BCUT2D eigenvalue weighted by atomic mass is 32.2. The quantitative estimate of drug-likeness (QED) is 0.923. The smallest absolute Gasteiger partial charge is 0.0401 e. The van der Waals surface area contributed by atoms with Crippen molar-refractivity contribution < 1.29 is 0 Å². The summed E-state index contributed by atoms with van der Waals surface area (Å²) in [6, 6.07) is 5.57. The number of likely N-dealkylation sites (tertiary alicyclic amines) is 1. The minimum atomic E-state index is 0.536. The average Bonchev–Trinajstić information content (AvgIpc) is 2.88. The summed E-state index contributed by atoms with van der Waals surface area (Å²) in [5.74, 6) is 3.38. The molecule has 1 aromatic heterocycles. The molecule has 2 atom stereocenters. The summed E-state index contributed by atoms with van der Waals surface area (Å²) in [7, 11) is 2.24. The number of hydrogen-bond donors (Lipinski definition) is 1. The zero-order valence-electron chi connectivity index (χ0n) is 12.3. The van der Waals surface area contributed by atoms with E-state index >= 15 is 0 Å². The largest absolute Gasteiger partial charge is 0.314 e. The molecule has 2 saturated heterocycles. The maximum Gasteiger partial charge on any atom is 0.0401 e. The van der Waals surface area contributed by atoms with E-state index in [4.69, 9.17) is 0 Å². The normalized spacial score (nSPS) is 28.9. The topological polar surface area (TPSA) is 28.2 Å². The highest BCUT2D eigenvalue weighted by molar-refractivity contribution is 7.99. The summed E-state index contributed by atoms with van der Waals surface area (Å²) in [4.78, 5) is 6.78. The van der Waals surface area contributed by atoms with E-state index in [9.17, 15) is 0 Å². The van der Waals surface area contributed by atoms with Crippen LogP contribution in [0.3, 0.4) is 0 Å². The Labute approximate surface area is 126 Å². The molecule has 20 heavy (non-hydrogen) atoms. The van der Waals surface area contributed by atoms with Crippen molar-refractivity contribution in [1.82, 2.24) is 15.2 Å². The summed E-state index contributed by atoms with van der Waals surface area (Å²) in [5.41, 5.74) is 1.37. The van der Waals surface area contributed by atoms with Gasteiger partial charge in [0.05, 0.1) is 0 Å². The molecule has 1 N–H and O–H groups in total. The van der Waals surface area contributed by atoms with Gasteiger partial charge in [-0.25, -0.2) is 0 Å². The van der Waals surface area contributed by atoms with Crippen LogP contribution >= 0.6 is 11.8 Å². The first-order valence-corrected chi connectivity index (χ1v) is 8.91. The second-order valence-corrected chi connectivity index (χ2v) is 7.28. The first kappa shape index (κ1) is 14.4. The van der Waals surface area contributed by atoms with Crippen molar-refractivity contribution in [3.8, 4) is 0 Å². The Balaban J connectivity index is 1.60. The zero-order valence-corrected chi connectivity index (χ0v) is 13.1. The second-order valence-electron chi connectivity index (χ2n) is 6.06. The van der Waals surface area contributed by atoms with Gasteiger partial charge >= 0.3 is 0 Å². The Bertz CT molecular complexity index is 405. The summed E-state index contributed by atoms with van der Waals surface area (Å²) >= 11 is 2.10. The van der Waals surface area contributed by atoms with Crippen molar-refractivity contribution in [2.45, 2.75) is 31.3 Å². The van der Waals surface area contributed by atoms with Gasteiger partial charge in [-0.2, -0.15) is 11.8 Å². The Kier molecular flexibility index (Phi) is 4.97. The first-order chi connectivity index (χ1) is 9.84. The van der Waals surface area contributed by atoms with E-state index in [2.05, 4.69) is 46.1 Å². The Morgan fingerprint density at radius 2 is 2.20 bits per heavy atom. The average molecular weight is 291 g/mol. The van der Waals surface area contributed by atoms with Crippen molar-refractivity contribution in [2.75, 3.05) is 31.6 Å². The van der Waals surface area contributed by atoms with E-state index in [0.29, 0.717) is 6.04 Å². The molecule has 0 aliphatic carbocycles. The molecule has 0 aromatic carbocycles. The van der Waals surface area contributed by atoms with Gasteiger partial charge in [0.15, 0.2) is 0 Å². The van der Waals surface area contributed by atoms with Crippen LogP contribution in [-0.4, -0.2) is 47.6 Å². The van der Waals surface area contributed by atoms with Crippen LogP contribution in [0.15, 0.2) is 24.5 Å². The number of thioether (sulfide) groups is 1. The summed E-state index contributed by atoms with van der Waals surface area (Å²) in [6.07, 6.45) is 7.88. The van der Waals surface area contributed by atoms with Crippen LogP contribution in [0.4, 0.5) is 0 Å². The molecule has 3 heterocycles. The molecule has 0 bridgehead atoms. The van der Waals surface area contributed by atoms with Gasteiger partial charge in [0.1, 0.15) is 0 Å². The highest BCUT2D eigenvalue weighted by Crippen LogP contribution is 2.35. The molecule has 110 valence electrons. The van der Waals surface area contributed by atoms with Crippen LogP contribution in [0.2, 0.25) is 0 Å². The summed E-state index contributed by atoms with van der Waals surface area (Å²) in [5, 5.41) is 3.82. The molecular formula is C16H25N3S. The van der Waals surface area contributed by atoms with E-state index in [1.165, 1.54) is 42.9 Å². The van der Waals surface area contributed by atoms with Crippen LogP contribution in [-0.2, 0) is 0 Å². The Morgan fingerprint density at radius 1 is 1.35 bits per heavy atom. The molecule has 1 aromatic rings. The Morgan fingerprint density at radius 3 is 2.95 bits per heavy atom. The zero-order chi connectivity index (χ0) is 13.8. The SMILES string of the molecule is CN1CC[C@@H](CNC2CCSCC2)[C@@H]1c1cccnc1. The molecule has 0 saturated carbocycles. The van der Waals surface area contributed by atoms with Crippen molar-refractivity contribution in [1.29, 1.82) is 0 Å². The van der Waals surface area contributed by atoms with Gasteiger partial charge in [-0.15, -0.1) is 0 Å². The number of hydrogen-bond acceptors (Lipinski definition) is 4. The van der Waals surface area contributed by atoms with Crippen molar-refractivity contribution in [3.63, 3.8) is 0 Å². The lowest BCUT2D eigenvalue weighted by Gasteiger charge is -2.28. The van der Waals surface area contributed by atoms with Crippen LogP contribution in [0, 0.1) is 5.92 Å². The van der Waals surface area contributed by atoms with Crippen LogP contribution in [0.5, 0.6) is 0 Å². The lowest BCUT2D eigenvalue weighted by molar-refractivity contribution is 0.265. The molecule has 0 radical (unpaired) electrons. The molecule has 2 aliphatic rings. The van der Waals surface area contributed by atoms with E-state index in [0.717, 1.165) is 18.5 Å². The van der Waals surface area contributed by atoms with E-state index < -0.39 is 0 Å². The third-order valence-electron chi connectivity index (χ3n) is 4.69. The van der Waals surface area contributed by atoms with Crippen molar-refractivity contribution in [3.05, 3.63) is 30.1 Å². The summed E-state index contributed by atoms with van der Waals surface area (Å²) in [6.45, 7) is 2.35. The molecule has 0 spiro atoms. The van der Waals surface area contributed by atoms with Crippen molar-refractivity contribution >= 4 is 11.8 Å². The van der Waals surface area contributed by atoms with E-state index in [1.807, 2.05) is 12.4 Å².